The van der Waals surface area contributed by atoms with Gasteiger partial charge >= 0.3 is 0 Å². The van der Waals surface area contributed by atoms with Gasteiger partial charge in [0.05, 0.1) is 44.1 Å². The maximum absolute atomic E-state index is 11.8. The molecule has 0 aromatic carbocycles. The van der Waals surface area contributed by atoms with Gasteiger partial charge in [-0.25, -0.2) is 24.5 Å². The van der Waals surface area contributed by atoms with Gasteiger partial charge in [-0.2, -0.15) is 5.10 Å². The second-order valence-electron chi connectivity index (χ2n) is 5.73. The highest BCUT2D eigenvalue weighted by Crippen LogP contribution is 2.34. The van der Waals surface area contributed by atoms with Gasteiger partial charge in [0.25, 0.3) is 0 Å². The van der Waals surface area contributed by atoms with Crippen molar-refractivity contribution in [3.8, 4) is 22.6 Å². The van der Waals surface area contributed by atoms with Crippen LogP contribution in [0.3, 0.4) is 0 Å². The Hall–Kier alpha value is -2.56. The summed E-state index contributed by atoms with van der Waals surface area (Å²) in [4.78, 5) is 16.9. The van der Waals surface area contributed by atoms with Crippen molar-refractivity contribution in [2.24, 2.45) is 0 Å². The van der Waals surface area contributed by atoms with Crippen LogP contribution < -0.4 is 0 Å². The highest BCUT2D eigenvalue weighted by Gasteiger charge is 2.21. The SMILES string of the molecule is CS(=O)c1nccc(-c2nn3c(Cl)cccc3c2-c2ccnc(S(C)=O)n2)n1. The molecule has 2 unspecified atom stereocenters. The minimum atomic E-state index is -1.34. The van der Waals surface area contributed by atoms with Crippen LogP contribution in [-0.4, -0.2) is 50.5 Å². The fourth-order valence-corrected chi connectivity index (χ4v) is 3.77. The number of pyridine rings is 1. The van der Waals surface area contributed by atoms with E-state index in [2.05, 4.69) is 25.0 Å². The summed E-state index contributed by atoms with van der Waals surface area (Å²) in [6.07, 6.45) is 6.10. The molecule has 8 nitrogen and oxygen atoms in total. The fraction of sp³-hybridized carbons (Fsp3) is 0.118. The van der Waals surface area contributed by atoms with Gasteiger partial charge in [0.15, 0.2) is 0 Å². The molecule has 2 atom stereocenters. The minimum Gasteiger partial charge on any atom is -0.251 e. The molecule has 0 spiro atoms. The van der Waals surface area contributed by atoms with E-state index >= 15 is 0 Å². The number of rotatable bonds is 4. The van der Waals surface area contributed by atoms with Crippen molar-refractivity contribution in [2.75, 3.05) is 12.5 Å². The predicted molar refractivity (Wildman–Crippen MR) is 107 cm³/mol. The molecule has 11 heteroatoms. The molecule has 0 radical (unpaired) electrons. The van der Waals surface area contributed by atoms with E-state index in [4.69, 9.17) is 11.6 Å². The van der Waals surface area contributed by atoms with Gasteiger partial charge in [-0.15, -0.1) is 0 Å². The molecule has 142 valence electrons. The van der Waals surface area contributed by atoms with Crippen LogP contribution in [-0.2, 0) is 21.6 Å². The average Bonchev–Trinajstić information content (AvgIpc) is 3.09. The second kappa shape index (κ2) is 7.46. The monoisotopic (exact) mass is 432 g/mol. The van der Waals surface area contributed by atoms with E-state index in [0.717, 1.165) is 0 Å². The maximum atomic E-state index is 11.8. The third-order valence-electron chi connectivity index (χ3n) is 3.89. The van der Waals surface area contributed by atoms with E-state index in [9.17, 15) is 8.42 Å². The van der Waals surface area contributed by atoms with Crippen molar-refractivity contribution in [1.29, 1.82) is 0 Å². The van der Waals surface area contributed by atoms with E-state index in [1.807, 2.05) is 6.07 Å². The van der Waals surface area contributed by atoms with Gasteiger partial charge in [0.1, 0.15) is 10.8 Å². The average molecular weight is 433 g/mol. The predicted octanol–water partition coefficient (Wildman–Crippen LogP) is 2.38. The van der Waals surface area contributed by atoms with E-state index in [1.54, 1.807) is 35.0 Å². The molecule has 0 aliphatic rings. The highest BCUT2D eigenvalue weighted by atomic mass is 35.5. The first-order chi connectivity index (χ1) is 13.5. The van der Waals surface area contributed by atoms with Crippen molar-refractivity contribution >= 4 is 38.7 Å². The van der Waals surface area contributed by atoms with Crippen LogP contribution in [0.4, 0.5) is 0 Å². The number of aromatic nitrogens is 6. The summed E-state index contributed by atoms with van der Waals surface area (Å²) >= 11 is 6.32. The summed E-state index contributed by atoms with van der Waals surface area (Å²) < 4.78 is 25.2. The standard InChI is InChI=1S/C17H13ClN6O2S2/c1-27(25)16-19-8-6-10(21-16)14-12-4-3-5-13(18)24(12)23-15(14)11-7-9-20-17(22-11)28(2)26/h3-9H,1-2H3. The number of hydrogen-bond acceptors (Lipinski definition) is 7. The van der Waals surface area contributed by atoms with Crippen LogP contribution in [0, 0.1) is 0 Å². The molecule has 0 saturated carbocycles. The van der Waals surface area contributed by atoms with Crippen LogP contribution in [0.5, 0.6) is 0 Å². The number of nitrogens with zero attached hydrogens (tertiary/aromatic N) is 6. The highest BCUT2D eigenvalue weighted by molar-refractivity contribution is 7.84. The summed E-state index contributed by atoms with van der Waals surface area (Å²) in [5, 5.41) is 5.41. The Balaban J connectivity index is 2.05. The molecule has 4 rings (SSSR count). The molecule has 0 fully saturated rings. The van der Waals surface area contributed by atoms with Gasteiger partial charge in [-0.05, 0) is 24.3 Å². The lowest BCUT2D eigenvalue weighted by molar-refractivity contribution is 0.679. The molecule has 28 heavy (non-hydrogen) atoms. The van der Waals surface area contributed by atoms with Crippen LogP contribution >= 0.6 is 11.6 Å². The summed E-state index contributed by atoms with van der Waals surface area (Å²) in [5.74, 6) is 0. The van der Waals surface area contributed by atoms with Crippen LogP contribution in [0.25, 0.3) is 28.2 Å². The van der Waals surface area contributed by atoms with Crippen molar-refractivity contribution < 1.29 is 8.42 Å². The Morgan fingerprint density at radius 3 is 2.14 bits per heavy atom. The molecule has 0 N–H and O–H groups in total. The van der Waals surface area contributed by atoms with E-state index in [-0.39, 0.29) is 10.3 Å². The Morgan fingerprint density at radius 1 is 0.893 bits per heavy atom. The summed E-state index contributed by atoms with van der Waals surface area (Å²) in [6, 6.07) is 8.75. The lowest BCUT2D eigenvalue weighted by Crippen LogP contribution is -2.00. The van der Waals surface area contributed by atoms with Crippen LogP contribution in [0.2, 0.25) is 5.15 Å². The summed E-state index contributed by atoms with van der Waals surface area (Å²) in [5.41, 5.74) is 2.86. The maximum Gasteiger partial charge on any atom is 0.218 e. The summed E-state index contributed by atoms with van der Waals surface area (Å²) in [6.45, 7) is 0. The zero-order chi connectivity index (χ0) is 19.8. The molecule has 4 aromatic heterocycles. The molecule has 4 heterocycles. The topological polar surface area (TPSA) is 103 Å². The smallest absolute Gasteiger partial charge is 0.218 e. The summed E-state index contributed by atoms with van der Waals surface area (Å²) in [7, 11) is -2.69. The Bertz CT molecular complexity index is 1260. The first-order valence-corrected chi connectivity index (χ1v) is 11.5. The molecule has 0 bridgehead atoms. The van der Waals surface area contributed by atoms with Gasteiger partial charge < -0.3 is 0 Å². The molecular weight excluding hydrogens is 420 g/mol. The number of fused-ring (bicyclic) bond motifs is 1. The quantitative estimate of drug-likeness (QED) is 0.360. The normalized spacial score (nSPS) is 13.5. The van der Waals surface area contributed by atoms with Gasteiger partial charge in [-0.1, -0.05) is 17.7 Å². The third-order valence-corrected chi connectivity index (χ3v) is 5.60. The van der Waals surface area contributed by atoms with Crippen molar-refractivity contribution in [2.45, 2.75) is 10.3 Å². The Morgan fingerprint density at radius 2 is 1.50 bits per heavy atom. The lowest BCUT2D eigenvalue weighted by atomic mass is 10.1. The minimum absolute atomic E-state index is 0.199. The van der Waals surface area contributed by atoms with E-state index in [0.29, 0.717) is 33.3 Å². The van der Waals surface area contributed by atoms with E-state index in [1.165, 1.54) is 18.7 Å². The third kappa shape index (κ3) is 3.34. The fourth-order valence-electron chi connectivity index (χ4n) is 2.70. The number of hydrogen-bond donors (Lipinski definition) is 0. The first kappa shape index (κ1) is 18.8. The molecule has 4 aromatic rings. The van der Waals surface area contributed by atoms with E-state index < -0.39 is 21.6 Å². The van der Waals surface area contributed by atoms with Crippen LogP contribution in [0.15, 0.2) is 53.0 Å². The van der Waals surface area contributed by atoms with Crippen molar-refractivity contribution in [3.05, 3.63) is 47.9 Å². The first-order valence-electron chi connectivity index (χ1n) is 7.96. The Labute approximate surface area is 170 Å². The van der Waals surface area contributed by atoms with Crippen LogP contribution in [0.1, 0.15) is 0 Å². The molecule has 0 amide bonds. The zero-order valence-corrected chi connectivity index (χ0v) is 17.1. The molecule has 0 aliphatic heterocycles. The second-order valence-corrected chi connectivity index (χ2v) is 8.66. The van der Waals surface area contributed by atoms with Gasteiger partial charge in [0.2, 0.25) is 10.3 Å². The van der Waals surface area contributed by atoms with Crippen molar-refractivity contribution in [1.82, 2.24) is 29.5 Å². The van der Waals surface area contributed by atoms with Gasteiger partial charge in [0, 0.05) is 24.9 Å². The van der Waals surface area contributed by atoms with Gasteiger partial charge in [-0.3, -0.25) is 8.42 Å². The molecule has 0 saturated heterocycles. The zero-order valence-electron chi connectivity index (χ0n) is 14.7. The number of halogens is 1. The molecule has 0 aliphatic carbocycles. The lowest BCUT2D eigenvalue weighted by Gasteiger charge is -2.05. The van der Waals surface area contributed by atoms with Crippen molar-refractivity contribution in [3.63, 3.8) is 0 Å². The molecular formula is C17H13ClN6O2S2. The largest absolute Gasteiger partial charge is 0.251 e. The Kier molecular flexibility index (Phi) is 5.00.